The van der Waals surface area contributed by atoms with E-state index in [2.05, 4.69) is 17.4 Å². The molecule has 1 heterocycles. The molecular weight excluding hydrogens is 408 g/mol. The molecule has 0 radical (unpaired) electrons. The molecule has 4 rings (SSSR count). The van der Waals surface area contributed by atoms with Gasteiger partial charge in [-0.15, -0.1) is 0 Å². The molecule has 0 amide bonds. The lowest BCUT2D eigenvalue weighted by Crippen LogP contribution is -2.28. The normalized spacial score (nSPS) is 21.5. The van der Waals surface area contributed by atoms with Gasteiger partial charge in [0, 0.05) is 11.1 Å². The minimum absolute atomic E-state index is 0.146. The van der Waals surface area contributed by atoms with E-state index < -0.39 is 0 Å². The van der Waals surface area contributed by atoms with Crippen molar-refractivity contribution in [3.8, 4) is 11.5 Å². The average Bonchev–Trinajstić information content (AvgIpc) is 3.23. The van der Waals surface area contributed by atoms with Gasteiger partial charge in [0.1, 0.15) is 17.3 Å². The number of hydrogen-bond acceptors (Lipinski definition) is 4. The first kappa shape index (κ1) is 22.0. The highest BCUT2D eigenvalue weighted by Gasteiger charge is 2.32. The van der Waals surface area contributed by atoms with Crippen LogP contribution in [0.5, 0.6) is 11.5 Å². The molecule has 1 fully saturated rings. The Morgan fingerprint density at radius 1 is 1.03 bits per heavy atom. The highest BCUT2D eigenvalue weighted by molar-refractivity contribution is 6.30. The van der Waals surface area contributed by atoms with Crippen LogP contribution in [0.3, 0.4) is 0 Å². The summed E-state index contributed by atoms with van der Waals surface area (Å²) in [7, 11) is 1.67. The zero-order chi connectivity index (χ0) is 21.6. The van der Waals surface area contributed by atoms with Gasteiger partial charge in [0.15, 0.2) is 0 Å². The summed E-state index contributed by atoms with van der Waals surface area (Å²) >= 11 is 6.15. The Morgan fingerprint density at radius 3 is 2.52 bits per heavy atom. The summed E-state index contributed by atoms with van der Waals surface area (Å²) in [6, 6.07) is 14.5. The van der Waals surface area contributed by atoms with Crippen molar-refractivity contribution in [1.82, 2.24) is 5.32 Å². The molecule has 31 heavy (non-hydrogen) atoms. The average molecular weight is 441 g/mol. The van der Waals surface area contributed by atoms with Crippen LogP contribution in [0.15, 0.2) is 47.5 Å². The van der Waals surface area contributed by atoms with Crippen molar-refractivity contribution in [3.63, 3.8) is 0 Å². The van der Waals surface area contributed by atoms with Gasteiger partial charge in [-0.25, -0.2) is 0 Å². The van der Waals surface area contributed by atoms with Crippen LogP contribution in [0.2, 0.25) is 5.02 Å². The molecule has 0 spiro atoms. The molecule has 0 bridgehead atoms. The van der Waals surface area contributed by atoms with Crippen LogP contribution >= 0.6 is 11.6 Å². The van der Waals surface area contributed by atoms with Crippen LogP contribution in [-0.4, -0.2) is 25.6 Å². The third-order valence-corrected chi connectivity index (χ3v) is 6.79. The lowest BCUT2D eigenvalue weighted by Gasteiger charge is -2.24. The number of nitrogens with zero attached hydrogens (tertiary/aromatic N) is 1. The highest BCUT2D eigenvalue weighted by atomic mass is 35.5. The maximum atomic E-state index is 6.15. The van der Waals surface area contributed by atoms with Crippen LogP contribution in [0.1, 0.15) is 69.0 Å². The number of rotatable bonds is 8. The third kappa shape index (κ3) is 5.35. The number of hydrogen-bond donors (Lipinski definition) is 1. The summed E-state index contributed by atoms with van der Waals surface area (Å²) < 4.78 is 11.3. The van der Waals surface area contributed by atoms with E-state index in [-0.39, 0.29) is 12.1 Å². The number of ether oxygens (including phenoxy) is 2. The van der Waals surface area contributed by atoms with E-state index in [1.165, 1.54) is 44.1 Å². The summed E-state index contributed by atoms with van der Waals surface area (Å²) in [6.07, 6.45) is 9.24. The molecule has 2 aliphatic rings. The molecular formula is C26H33ClN2O2. The first-order valence-corrected chi connectivity index (χ1v) is 12.0. The Morgan fingerprint density at radius 2 is 1.81 bits per heavy atom. The minimum atomic E-state index is 0.146. The van der Waals surface area contributed by atoms with Gasteiger partial charge in [-0.05, 0) is 55.5 Å². The van der Waals surface area contributed by atoms with E-state index in [9.17, 15) is 0 Å². The third-order valence-electron chi connectivity index (χ3n) is 6.54. The van der Waals surface area contributed by atoms with Crippen molar-refractivity contribution in [2.24, 2.45) is 10.9 Å². The van der Waals surface area contributed by atoms with Gasteiger partial charge < -0.3 is 14.8 Å². The molecule has 2 atom stereocenters. The van der Waals surface area contributed by atoms with Crippen LogP contribution < -0.4 is 14.8 Å². The number of aliphatic imine (C=N–C) groups is 1. The summed E-state index contributed by atoms with van der Waals surface area (Å²) in [6.45, 7) is 2.59. The van der Waals surface area contributed by atoms with Crippen LogP contribution in [-0.2, 0) is 0 Å². The summed E-state index contributed by atoms with van der Waals surface area (Å²) in [4.78, 5) is 5.17. The van der Waals surface area contributed by atoms with Gasteiger partial charge in [0.2, 0.25) is 0 Å². The summed E-state index contributed by atoms with van der Waals surface area (Å²) in [5.74, 6) is 3.34. The van der Waals surface area contributed by atoms with E-state index in [0.29, 0.717) is 6.61 Å². The van der Waals surface area contributed by atoms with Crippen LogP contribution in [0.25, 0.3) is 0 Å². The highest BCUT2D eigenvalue weighted by Crippen LogP contribution is 2.35. The standard InChI is InChI=1S/C26H33ClN2O2/c1-3-31-24-17-21(30-2)14-15-22(24)26-28-23(16-9-18-7-5-4-6-8-18)25(29-26)19-10-12-20(27)13-11-19/h10-15,17-18,23,25H,3-9,16H2,1-2H3,(H,28,29). The van der Waals surface area contributed by atoms with Gasteiger partial charge in [-0.2, -0.15) is 0 Å². The second-order valence-corrected chi connectivity index (χ2v) is 9.03. The zero-order valence-corrected chi connectivity index (χ0v) is 19.3. The van der Waals surface area contributed by atoms with Crippen molar-refractivity contribution in [2.75, 3.05) is 13.7 Å². The van der Waals surface area contributed by atoms with Gasteiger partial charge >= 0.3 is 0 Å². The van der Waals surface area contributed by atoms with E-state index in [1.54, 1.807) is 7.11 Å². The Labute approximate surface area is 191 Å². The molecule has 2 aromatic rings. The fourth-order valence-electron chi connectivity index (χ4n) is 4.86. The van der Waals surface area contributed by atoms with Gasteiger partial charge in [0.25, 0.3) is 0 Å². The molecule has 1 aliphatic heterocycles. The van der Waals surface area contributed by atoms with E-state index in [1.807, 2.05) is 37.3 Å². The monoisotopic (exact) mass is 440 g/mol. The Bertz CT molecular complexity index is 891. The molecule has 1 aliphatic carbocycles. The lowest BCUT2D eigenvalue weighted by atomic mass is 9.84. The Kier molecular flexibility index (Phi) is 7.39. The minimum Gasteiger partial charge on any atom is -0.497 e. The number of halogens is 1. The second-order valence-electron chi connectivity index (χ2n) is 8.60. The van der Waals surface area contributed by atoms with Crippen LogP contribution in [0.4, 0.5) is 0 Å². The van der Waals surface area contributed by atoms with Gasteiger partial charge in [-0.1, -0.05) is 55.8 Å². The summed E-state index contributed by atoms with van der Waals surface area (Å²) in [5.41, 5.74) is 2.21. The van der Waals surface area contributed by atoms with Gasteiger partial charge in [0.05, 0.1) is 31.4 Å². The van der Waals surface area contributed by atoms with Crippen LogP contribution in [0, 0.1) is 5.92 Å². The molecule has 1 N–H and O–H groups in total. The van der Waals surface area contributed by atoms with E-state index in [4.69, 9.17) is 26.1 Å². The Hall–Kier alpha value is -2.20. The first-order chi connectivity index (χ1) is 15.2. The van der Waals surface area contributed by atoms with Crippen molar-refractivity contribution in [2.45, 2.75) is 64.0 Å². The fraction of sp³-hybridized carbons (Fsp3) is 0.500. The summed E-state index contributed by atoms with van der Waals surface area (Å²) in [5, 5.41) is 4.46. The molecule has 0 aromatic heterocycles. The lowest BCUT2D eigenvalue weighted by molar-refractivity contribution is 0.317. The predicted octanol–water partition coefficient (Wildman–Crippen LogP) is 6.57. The topological polar surface area (TPSA) is 42.9 Å². The maximum Gasteiger partial charge on any atom is 0.133 e. The smallest absolute Gasteiger partial charge is 0.133 e. The number of methoxy groups -OCH3 is 1. The van der Waals surface area contributed by atoms with E-state index >= 15 is 0 Å². The van der Waals surface area contributed by atoms with Gasteiger partial charge in [-0.3, -0.25) is 4.99 Å². The van der Waals surface area contributed by atoms with Crippen molar-refractivity contribution in [1.29, 1.82) is 0 Å². The Balaban J connectivity index is 1.59. The molecule has 4 nitrogen and oxygen atoms in total. The van der Waals surface area contributed by atoms with Crippen molar-refractivity contribution >= 4 is 17.4 Å². The predicted molar refractivity (Wildman–Crippen MR) is 128 cm³/mol. The molecule has 2 unspecified atom stereocenters. The SMILES string of the molecule is CCOc1cc(OC)ccc1C1=NC(CCC2CCCCC2)C(c2ccc(Cl)cc2)N1. The molecule has 5 heteroatoms. The second kappa shape index (κ2) is 10.4. The molecule has 0 saturated heterocycles. The molecule has 1 saturated carbocycles. The molecule has 166 valence electrons. The quantitative estimate of drug-likeness (QED) is 0.504. The maximum absolute atomic E-state index is 6.15. The van der Waals surface area contributed by atoms with Crippen molar-refractivity contribution < 1.29 is 9.47 Å². The number of benzene rings is 2. The zero-order valence-electron chi connectivity index (χ0n) is 18.6. The largest absolute Gasteiger partial charge is 0.497 e. The van der Waals surface area contributed by atoms with E-state index in [0.717, 1.165) is 40.3 Å². The van der Waals surface area contributed by atoms with Crippen molar-refractivity contribution in [3.05, 3.63) is 58.6 Å². The fourth-order valence-corrected chi connectivity index (χ4v) is 4.98. The number of nitrogens with one attached hydrogen (secondary N) is 1. The first-order valence-electron chi connectivity index (χ1n) is 11.6. The number of amidine groups is 1. The molecule has 2 aromatic carbocycles.